The Morgan fingerprint density at radius 1 is 1.20 bits per heavy atom. The molecule has 15 heavy (non-hydrogen) atoms. The molecule has 2 N–H and O–H groups in total. The zero-order valence-corrected chi connectivity index (χ0v) is 11.1. The monoisotopic (exact) mass is 338 g/mol. The topological polar surface area (TPSA) is 66.8 Å². The van der Waals surface area contributed by atoms with Gasteiger partial charge in [-0.05, 0) is 44.3 Å². The van der Waals surface area contributed by atoms with E-state index >= 15 is 0 Å². The quantitative estimate of drug-likeness (QED) is 0.772. The van der Waals surface area contributed by atoms with Crippen molar-refractivity contribution < 1.29 is 19.7 Å². The molecule has 0 bridgehead atoms. The number of rotatable bonds is 1. The van der Waals surface area contributed by atoms with Gasteiger partial charge in [0, 0.05) is 0 Å². The number of halogens is 2. The molecule has 6 heteroatoms. The van der Waals surface area contributed by atoms with Crippen LogP contribution in [0.25, 0.3) is 0 Å². The van der Waals surface area contributed by atoms with E-state index in [9.17, 15) is 15.0 Å². The molecule has 0 unspecified atom stereocenters. The van der Waals surface area contributed by atoms with Crippen LogP contribution in [0.4, 0.5) is 0 Å². The minimum Gasteiger partial charge on any atom is -0.506 e. The maximum Gasteiger partial charge on any atom is 0.341 e. The fourth-order valence-corrected chi connectivity index (χ4v) is 2.19. The third kappa shape index (κ3) is 1.96. The van der Waals surface area contributed by atoms with Gasteiger partial charge in [-0.2, -0.15) is 0 Å². The number of benzene rings is 1. The van der Waals surface area contributed by atoms with Crippen LogP contribution >= 0.6 is 31.9 Å². The molecule has 82 valence electrons. The van der Waals surface area contributed by atoms with Gasteiger partial charge in [-0.15, -0.1) is 0 Å². The molecule has 0 aromatic heterocycles. The Morgan fingerprint density at radius 3 is 2.20 bits per heavy atom. The summed E-state index contributed by atoms with van der Waals surface area (Å²) in [5, 5.41) is 19.2. The van der Waals surface area contributed by atoms with Crippen LogP contribution in [-0.4, -0.2) is 23.3 Å². The van der Waals surface area contributed by atoms with Crippen LogP contribution in [0.15, 0.2) is 8.95 Å². The SMILES string of the molecule is COC(=O)c1c(C)c(Br)c(O)c(Br)c1O. The summed E-state index contributed by atoms with van der Waals surface area (Å²) in [4.78, 5) is 11.4. The lowest BCUT2D eigenvalue weighted by Crippen LogP contribution is -2.05. The van der Waals surface area contributed by atoms with Gasteiger partial charge in [-0.1, -0.05) is 0 Å². The third-order valence-electron chi connectivity index (χ3n) is 1.95. The number of phenolic OH excluding ortho intramolecular Hbond substituents is 2. The molecule has 0 aliphatic heterocycles. The van der Waals surface area contributed by atoms with Crippen molar-refractivity contribution in [1.29, 1.82) is 0 Å². The van der Waals surface area contributed by atoms with E-state index in [0.717, 1.165) is 0 Å². The molecular formula is C9H8Br2O4. The first-order chi connectivity index (χ1) is 6.91. The molecule has 0 spiro atoms. The van der Waals surface area contributed by atoms with Gasteiger partial charge in [0.05, 0.1) is 11.6 Å². The van der Waals surface area contributed by atoms with Gasteiger partial charge in [-0.25, -0.2) is 4.79 Å². The van der Waals surface area contributed by atoms with Gasteiger partial charge < -0.3 is 14.9 Å². The van der Waals surface area contributed by atoms with E-state index in [1.807, 2.05) is 0 Å². The van der Waals surface area contributed by atoms with Crippen LogP contribution in [-0.2, 0) is 4.74 Å². The minimum atomic E-state index is -0.661. The summed E-state index contributed by atoms with van der Waals surface area (Å²) in [6.07, 6.45) is 0. The lowest BCUT2D eigenvalue weighted by Gasteiger charge is -2.12. The Kier molecular flexibility index (Phi) is 3.62. The van der Waals surface area contributed by atoms with Gasteiger partial charge in [0.15, 0.2) is 0 Å². The molecule has 0 radical (unpaired) electrons. The number of phenols is 2. The number of methoxy groups -OCH3 is 1. The Hall–Kier alpha value is -0.750. The number of hydrogen-bond acceptors (Lipinski definition) is 4. The summed E-state index contributed by atoms with van der Waals surface area (Å²) < 4.78 is 4.92. The van der Waals surface area contributed by atoms with E-state index in [-0.39, 0.29) is 21.5 Å². The molecule has 0 saturated heterocycles. The molecule has 0 saturated carbocycles. The lowest BCUT2D eigenvalue weighted by atomic mass is 10.1. The van der Waals surface area contributed by atoms with Gasteiger partial charge in [0.2, 0.25) is 0 Å². The standard InChI is InChI=1S/C9H8Br2O4/c1-3-4(9(14)15-2)7(12)6(11)8(13)5(3)10/h12-13H,1-2H3. The maximum absolute atomic E-state index is 11.4. The van der Waals surface area contributed by atoms with Crippen LogP contribution in [0.1, 0.15) is 15.9 Å². The highest BCUT2D eigenvalue weighted by Gasteiger charge is 2.23. The number of hydrogen-bond donors (Lipinski definition) is 2. The highest BCUT2D eigenvalue weighted by atomic mass is 79.9. The highest BCUT2D eigenvalue weighted by Crippen LogP contribution is 2.44. The fourth-order valence-electron chi connectivity index (χ4n) is 1.14. The molecule has 0 aliphatic rings. The van der Waals surface area contributed by atoms with Gasteiger partial charge in [-0.3, -0.25) is 0 Å². The van der Waals surface area contributed by atoms with Gasteiger partial charge in [0.25, 0.3) is 0 Å². The Labute approximate surface area is 103 Å². The van der Waals surface area contributed by atoms with Crippen LogP contribution in [0.5, 0.6) is 11.5 Å². The van der Waals surface area contributed by atoms with Crippen molar-refractivity contribution in [2.45, 2.75) is 6.92 Å². The van der Waals surface area contributed by atoms with E-state index in [4.69, 9.17) is 0 Å². The molecule has 0 heterocycles. The first kappa shape index (κ1) is 12.3. The molecule has 1 aromatic rings. The fraction of sp³-hybridized carbons (Fsp3) is 0.222. The average Bonchev–Trinajstić information content (AvgIpc) is 2.23. The predicted molar refractivity (Wildman–Crippen MR) is 61.2 cm³/mol. The second-order valence-corrected chi connectivity index (χ2v) is 4.40. The van der Waals surface area contributed by atoms with Crippen molar-refractivity contribution in [1.82, 2.24) is 0 Å². The van der Waals surface area contributed by atoms with E-state index < -0.39 is 5.97 Å². The Bertz CT molecular complexity index is 400. The second kappa shape index (κ2) is 4.40. The molecule has 1 aromatic carbocycles. The number of ether oxygens (including phenoxy) is 1. The average molecular weight is 340 g/mol. The van der Waals surface area contributed by atoms with Crippen LogP contribution in [0, 0.1) is 6.92 Å². The molecule has 1 rings (SSSR count). The third-order valence-corrected chi connectivity index (χ3v) is 3.68. The second-order valence-electron chi connectivity index (χ2n) is 2.82. The highest BCUT2D eigenvalue weighted by molar-refractivity contribution is 9.11. The van der Waals surface area contributed by atoms with E-state index in [1.54, 1.807) is 6.92 Å². The number of carbonyl (C=O) groups is 1. The zero-order chi connectivity index (χ0) is 11.7. The van der Waals surface area contributed by atoms with Crippen LogP contribution in [0.2, 0.25) is 0 Å². The van der Waals surface area contributed by atoms with Crippen molar-refractivity contribution in [2.75, 3.05) is 7.11 Å². The summed E-state index contributed by atoms with van der Waals surface area (Å²) >= 11 is 6.09. The molecule has 0 amide bonds. The maximum atomic E-state index is 11.4. The molecular weight excluding hydrogens is 332 g/mol. The number of aromatic hydroxyl groups is 2. The molecule has 4 nitrogen and oxygen atoms in total. The van der Waals surface area contributed by atoms with Crippen molar-refractivity contribution in [3.63, 3.8) is 0 Å². The first-order valence-electron chi connectivity index (χ1n) is 3.89. The molecule has 0 aliphatic carbocycles. The molecule has 0 fully saturated rings. The van der Waals surface area contributed by atoms with E-state index in [0.29, 0.717) is 10.0 Å². The van der Waals surface area contributed by atoms with Gasteiger partial charge in [0.1, 0.15) is 21.5 Å². The van der Waals surface area contributed by atoms with Crippen LogP contribution in [0.3, 0.4) is 0 Å². The van der Waals surface area contributed by atoms with Crippen LogP contribution < -0.4 is 0 Å². The number of esters is 1. The smallest absolute Gasteiger partial charge is 0.341 e. The summed E-state index contributed by atoms with van der Waals surface area (Å²) in [6, 6.07) is 0. The Morgan fingerprint density at radius 2 is 1.73 bits per heavy atom. The minimum absolute atomic E-state index is 0.0223. The molecule has 0 atom stereocenters. The largest absolute Gasteiger partial charge is 0.506 e. The first-order valence-corrected chi connectivity index (χ1v) is 5.48. The van der Waals surface area contributed by atoms with Crippen molar-refractivity contribution in [2.24, 2.45) is 0 Å². The Balaban J connectivity index is 3.60. The summed E-state index contributed by atoms with van der Waals surface area (Å²) in [7, 11) is 1.22. The predicted octanol–water partition coefficient (Wildman–Crippen LogP) is 2.72. The number of carbonyl (C=O) groups excluding carboxylic acids is 1. The van der Waals surface area contributed by atoms with Crippen molar-refractivity contribution in [3.05, 3.63) is 20.1 Å². The summed E-state index contributed by atoms with van der Waals surface area (Å²) in [6.45, 7) is 1.59. The van der Waals surface area contributed by atoms with Crippen molar-refractivity contribution >= 4 is 37.8 Å². The summed E-state index contributed by atoms with van der Waals surface area (Å²) in [5.41, 5.74) is 0.439. The van der Waals surface area contributed by atoms with E-state index in [1.165, 1.54) is 7.11 Å². The summed E-state index contributed by atoms with van der Waals surface area (Å²) in [5.74, 6) is -1.15. The lowest BCUT2D eigenvalue weighted by molar-refractivity contribution is 0.0596. The zero-order valence-electron chi connectivity index (χ0n) is 7.97. The van der Waals surface area contributed by atoms with E-state index in [2.05, 4.69) is 36.6 Å². The normalized spacial score (nSPS) is 10.1. The van der Waals surface area contributed by atoms with Gasteiger partial charge >= 0.3 is 5.97 Å². The van der Waals surface area contributed by atoms with Crippen molar-refractivity contribution in [3.8, 4) is 11.5 Å².